The Kier molecular flexibility index (Phi) is 3.98. The molecule has 0 fully saturated rings. The monoisotopic (exact) mass is 273 g/mol. The minimum Gasteiger partial charge on any atom is -0.384 e. The third kappa shape index (κ3) is 2.77. The molecule has 2 N–H and O–H groups in total. The van der Waals surface area contributed by atoms with Crippen LogP contribution in [0.3, 0.4) is 0 Å². The van der Waals surface area contributed by atoms with Gasteiger partial charge in [-0.2, -0.15) is 0 Å². The minimum absolute atomic E-state index is 0.227. The molecule has 1 aromatic carbocycles. The van der Waals surface area contributed by atoms with E-state index in [1.54, 1.807) is 38.2 Å². The van der Waals surface area contributed by atoms with Crippen molar-refractivity contribution in [1.82, 2.24) is 9.88 Å². The number of hydrogen-bond donors (Lipinski definition) is 1. The van der Waals surface area contributed by atoms with Gasteiger partial charge in [-0.3, -0.25) is 4.79 Å². The highest BCUT2D eigenvalue weighted by Crippen LogP contribution is 2.23. The van der Waals surface area contributed by atoms with Crippen LogP contribution in [0.5, 0.6) is 0 Å². The van der Waals surface area contributed by atoms with E-state index in [1.807, 2.05) is 0 Å². The van der Waals surface area contributed by atoms with Crippen molar-refractivity contribution in [1.29, 1.82) is 0 Å². The zero-order chi connectivity index (χ0) is 14.7. The van der Waals surface area contributed by atoms with Crippen molar-refractivity contribution in [2.45, 2.75) is 13.0 Å². The van der Waals surface area contributed by atoms with E-state index in [9.17, 15) is 9.18 Å². The fraction of sp³-hybridized carbons (Fsp3) is 0.200. The van der Waals surface area contributed by atoms with E-state index in [0.29, 0.717) is 11.1 Å². The molecule has 0 saturated carbocycles. The summed E-state index contributed by atoms with van der Waals surface area (Å²) in [6.07, 6.45) is 1.48. The van der Waals surface area contributed by atoms with E-state index < -0.39 is 0 Å². The van der Waals surface area contributed by atoms with E-state index in [-0.39, 0.29) is 23.6 Å². The number of amides is 1. The summed E-state index contributed by atoms with van der Waals surface area (Å²) in [5.74, 6) is -0.272. The van der Waals surface area contributed by atoms with Crippen LogP contribution in [0, 0.1) is 5.82 Å². The summed E-state index contributed by atoms with van der Waals surface area (Å²) in [6, 6.07) is 9.14. The topological polar surface area (TPSA) is 59.2 Å². The molecule has 0 spiro atoms. The van der Waals surface area contributed by atoms with Gasteiger partial charge in [0.1, 0.15) is 11.6 Å². The molecule has 0 bridgehead atoms. The van der Waals surface area contributed by atoms with Crippen molar-refractivity contribution in [3.05, 3.63) is 59.5 Å². The Morgan fingerprint density at radius 3 is 2.70 bits per heavy atom. The molecule has 20 heavy (non-hydrogen) atoms. The third-order valence-corrected chi connectivity index (χ3v) is 3.28. The molecule has 4 nitrogen and oxygen atoms in total. The number of carbonyl (C=O) groups excluding carboxylic acids is 1. The number of benzene rings is 1. The second-order valence-corrected chi connectivity index (χ2v) is 4.58. The Labute approximate surface area is 117 Å². The quantitative estimate of drug-likeness (QED) is 0.935. The lowest BCUT2D eigenvalue weighted by Gasteiger charge is -2.25. The summed E-state index contributed by atoms with van der Waals surface area (Å²) in [7, 11) is 1.63. The van der Waals surface area contributed by atoms with Crippen LogP contribution in [0.2, 0.25) is 0 Å². The molecule has 2 aromatic rings. The molecule has 0 aliphatic rings. The van der Waals surface area contributed by atoms with Crippen LogP contribution in [0.1, 0.15) is 28.9 Å². The first-order chi connectivity index (χ1) is 9.50. The molecule has 2 rings (SSSR count). The maximum absolute atomic E-state index is 13.8. The van der Waals surface area contributed by atoms with E-state index in [1.165, 1.54) is 23.2 Å². The number of halogens is 1. The molecule has 1 heterocycles. The number of nitrogens with two attached hydrogens (primary N) is 1. The first-order valence-corrected chi connectivity index (χ1v) is 6.24. The van der Waals surface area contributed by atoms with Crippen LogP contribution in [-0.4, -0.2) is 22.8 Å². The molecule has 104 valence electrons. The highest BCUT2D eigenvalue weighted by atomic mass is 19.1. The van der Waals surface area contributed by atoms with E-state index in [0.717, 1.165) is 0 Å². The molecule has 1 aromatic heterocycles. The van der Waals surface area contributed by atoms with Gasteiger partial charge in [0.25, 0.3) is 5.91 Å². The lowest BCUT2D eigenvalue weighted by molar-refractivity contribution is 0.0740. The largest absolute Gasteiger partial charge is 0.384 e. The first kappa shape index (κ1) is 14.0. The number of anilines is 1. The van der Waals surface area contributed by atoms with Crippen LogP contribution in [-0.2, 0) is 0 Å². The van der Waals surface area contributed by atoms with Gasteiger partial charge in [-0.25, -0.2) is 9.37 Å². The average Bonchev–Trinajstić information content (AvgIpc) is 2.45. The fourth-order valence-corrected chi connectivity index (χ4v) is 1.98. The molecule has 0 aliphatic heterocycles. The maximum atomic E-state index is 13.8. The van der Waals surface area contributed by atoms with Crippen LogP contribution < -0.4 is 5.73 Å². The van der Waals surface area contributed by atoms with Crippen molar-refractivity contribution in [3.63, 3.8) is 0 Å². The smallest absolute Gasteiger partial charge is 0.254 e. The molecular formula is C15H16FN3O. The predicted octanol–water partition coefficient (Wildman–Crippen LogP) is 2.64. The standard InChI is InChI=1S/C15H16FN3O/c1-10(12-5-3-4-6-13(12)16)19(2)15(20)11-7-8-18-14(17)9-11/h3-10H,1-2H3,(H2,17,18). The number of nitrogens with zero attached hydrogens (tertiary/aromatic N) is 2. The van der Waals surface area contributed by atoms with Gasteiger partial charge in [-0.15, -0.1) is 0 Å². The maximum Gasteiger partial charge on any atom is 0.254 e. The van der Waals surface area contributed by atoms with Gasteiger partial charge in [-0.05, 0) is 25.1 Å². The normalized spacial score (nSPS) is 11.9. The second kappa shape index (κ2) is 5.69. The molecule has 1 unspecified atom stereocenters. The number of pyridine rings is 1. The number of nitrogen functional groups attached to an aromatic ring is 1. The van der Waals surface area contributed by atoms with Crippen molar-refractivity contribution in [2.75, 3.05) is 12.8 Å². The summed E-state index contributed by atoms with van der Waals surface area (Å²) >= 11 is 0. The highest BCUT2D eigenvalue weighted by molar-refractivity contribution is 5.94. The van der Waals surface area contributed by atoms with Gasteiger partial charge >= 0.3 is 0 Å². The van der Waals surface area contributed by atoms with Gasteiger partial charge in [0, 0.05) is 24.4 Å². The Morgan fingerprint density at radius 1 is 1.35 bits per heavy atom. The average molecular weight is 273 g/mol. The van der Waals surface area contributed by atoms with Gasteiger partial charge in [0.15, 0.2) is 0 Å². The highest BCUT2D eigenvalue weighted by Gasteiger charge is 2.21. The zero-order valence-corrected chi connectivity index (χ0v) is 11.4. The number of rotatable bonds is 3. The van der Waals surface area contributed by atoms with E-state index in [4.69, 9.17) is 5.73 Å². The number of aromatic nitrogens is 1. The van der Waals surface area contributed by atoms with Crippen molar-refractivity contribution in [3.8, 4) is 0 Å². The summed E-state index contributed by atoms with van der Waals surface area (Å²) in [4.78, 5) is 17.7. The van der Waals surface area contributed by atoms with Gasteiger partial charge < -0.3 is 10.6 Å². The minimum atomic E-state index is -0.377. The summed E-state index contributed by atoms with van der Waals surface area (Å²) < 4.78 is 13.8. The molecular weight excluding hydrogens is 257 g/mol. The Morgan fingerprint density at radius 2 is 2.05 bits per heavy atom. The molecule has 0 aliphatic carbocycles. The summed E-state index contributed by atoms with van der Waals surface area (Å²) in [5.41, 5.74) is 6.48. The van der Waals surface area contributed by atoms with Crippen LogP contribution >= 0.6 is 0 Å². The van der Waals surface area contributed by atoms with Crippen LogP contribution in [0.25, 0.3) is 0 Å². The molecule has 1 atom stereocenters. The molecule has 1 amide bonds. The zero-order valence-electron chi connectivity index (χ0n) is 11.4. The SMILES string of the molecule is CC(c1ccccc1F)N(C)C(=O)c1ccnc(N)c1. The summed E-state index contributed by atoms with van der Waals surface area (Å²) in [6.45, 7) is 1.78. The Balaban J connectivity index is 2.25. The van der Waals surface area contributed by atoms with Crippen molar-refractivity contribution >= 4 is 11.7 Å². The lowest BCUT2D eigenvalue weighted by Crippen LogP contribution is -2.30. The molecule has 0 saturated heterocycles. The Hall–Kier alpha value is -2.43. The van der Waals surface area contributed by atoms with Gasteiger partial charge in [-0.1, -0.05) is 18.2 Å². The molecule has 5 heteroatoms. The molecule has 0 radical (unpaired) electrons. The van der Waals surface area contributed by atoms with Crippen molar-refractivity contribution < 1.29 is 9.18 Å². The fourth-order valence-electron chi connectivity index (χ4n) is 1.98. The van der Waals surface area contributed by atoms with Crippen LogP contribution in [0.15, 0.2) is 42.6 Å². The number of hydrogen-bond acceptors (Lipinski definition) is 3. The van der Waals surface area contributed by atoms with Crippen molar-refractivity contribution in [2.24, 2.45) is 0 Å². The van der Waals surface area contributed by atoms with Gasteiger partial charge in [0.05, 0.1) is 6.04 Å². The van der Waals surface area contributed by atoms with Crippen LogP contribution in [0.4, 0.5) is 10.2 Å². The lowest BCUT2D eigenvalue weighted by atomic mass is 10.1. The second-order valence-electron chi connectivity index (χ2n) is 4.58. The van der Waals surface area contributed by atoms with Gasteiger partial charge in [0.2, 0.25) is 0 Å². The first-order valence-electron chi connectivity index (χ1n) is 6.24. The third-order valence-electron chi connectivity index (χ3n) is 3.28. The summed E-state index contributed by atoms with van der Waals surface area (Å²) in [5, 5.41) is 0. The van der Waals surface area contributed by atoms with E-state index >= 15 is 0 Å². The van der Waals surface area contributed by atoms with E-state index in [2.05, 4.69) is 4.98 Å². The Bertz CT molecular complexity index is 630. The predicted molar refractivity (Wildman–Crippen MR) is 75.6 cm³/mol. The number of carbonyl (C=O) groups is 1.